The Balaban J connectivity index is 1.76. The van der Waals surface area contributed by atoms with Crippen LogP contribution in [0, 0.1) is 0 Å². The molecular weight excluding hydrogens is 350 g/mol. The second-order valence-electron chi connectivity index (χ2n) is 5.47. The number of anilines is 1. The van der Waals surface area contributed by atoms with Gasteiger partial charge in [0.1, 0.15) is 4.88 Å². The average molecular weight is 368 g/mol. The summed E-state index contributed by atoms with van der Waals surface area (Å²) < 4.78 is 2.03. The zero-order valence-electron chi connectivity index (χ0n) is 11.9. The molecule has 3 rings (SSSR count). The minimum absolute atomic E-state index is 0.0647. The molecule has 1 amide bonds. The Morgan fingerprint density at radius 3 is 3.10 bits per heavy atom. The van der Waals surface area contributed by atoms with E-state index >= 15 is 0 Å². The van der Waals surface area contributed by atoms with Crippen LogP contribution in [0.25, 0.3) is 10.1 Å². The van der Waals surface area contributed by atoms with E-state index in [9.17, 15) is 4.79 Å². The number of likely N-dealkylation sites (N-methyl/N-ethyl adjacent to an activating group) is 1. The smallest absolute Gasteiger partial charge is 0.263 e. The first-order chi connectivity index (χ1) is 10.1. The van der Waals surface area contributed by atoms with E-state index in [4.69, 9.17) is 5.73 Å². The van der Waals surface area contributed by atoms with Gasteiger partial charge in [0.25, 0.3) is 5.91 Å². The van der Waals surface area contributed by atoms with Crippen LogP contribution in [0.4, 0.5) is 5.69 Å². The van der Waals surface area contributed by atoms with Gasteiger partial charge in [-0.25, -0.2) is 0 Å². The summed E-state index contributed by atoms with van der Waals surface area (Å²) in [5.74, 6) is -0.0647. The van der Waals surface area contributed by atoms with Crippen molar-refractivity contribution in [2.45, 2.75) is 18.9 Å². The van der Waals surface area contributed by atoms with E-state index in [0.717, 1.165) is 27.5 Å². The summed E-state index contributed by atoms with van der Waals surface area (Å²) in [6.45, 7) is 1.80. The number of nitrogens with one attached hydrogen (secondary N) is 1. The van der Waals surface area contributed by atoms with E-state index in [1.54, 1.807) is 0 Å². The van der Waals surface area contributed by atoms with Crippen molar-refractivity contribution in [2.24, 2.45) is 0 Å². The first-order valence-corrected chi connectivity index (χ1v) is 8.63. The maximum Gasteiger partial charge on any atom is 0.263 e. The number of amides is 1. The van der Waals surface area contributed by atoms with Crippen molar-refractivity contribution in [1.29, 1.82) is 0 Å². The van der Waals surface area contributed by atoms with Crippen LogP contribution in [-0.4, -0.2) is 37.0 Å². The molecule has 1 fully saturated rings. The van der Waals surface area contributed by atoms with Gasteiger partial charge in [0, 0.05) is 27.1 Å². The van der Waals surface area contributed by atoms with E-state index in [2.05, 4.69) is 33.2 Å². The van der Waals surface area contributed by atoms with Crippen molar-refractivity contribution in [1.82, 2.24) is 10.2 Å². The zero-order chi connectivity index (χ0) is 15.0. The normalized spacial score (nSPS) is 19.2. The van der Waals surface area contributed by atoms with Crippen molar-refractivity contribution in [3.05, 3.63) is 27.5 Å². The molecule has 112 valence electrons. The highest BCUT2D eigenvalue weighted by Gasteiger charge is 2.22. The number of rotatable bonds is 3. The number of hydrogen-bond acceptors (Lipinski definition) is 4. The molecule has 0 saturated carbocycles. The summed E-state index contributed by atoms with van der Waals surface area (Å²) in [6, 6.07) is 6.34. The molecule has 4 nitrogen and oxygen atoms in total. The van der Waals surface area contributed by atoms with Crippen molar-refractivity contribution >= 4 is 48.9 Å². The summed E-state index contributed by atoms with van der Waals surface area (Å²) in [7, 11) is 2.11. The summed E-state index contributed by atoms with van der Waals surface area (Å²) >= 11 is 4.89. The van der Waals surface area contributed by atoms with Gasteiger partial charge in [-0.3, -0.25) is 4.79 Å². The van der Waals surface area contributed by atoms with Gasteiger partial charge in [0.2, 0.25) is 0 Å². The first-order valence-electron chi connectivity index (χ1n) is 7.02. The fourth-order valence-corrected chi connectivity index (χ4v) is 4.38. The fourth-order valence-electron chi connectivity index (χ4n) is 2.79. The Bertz CT molecular complexity index is 685. The highest BCUT2D eigenvalue weighted by atomic mass is 79.9. The van der Waals surface area contributed by atoms with Crippen LogP contribution in [0.5, 0.6) is 0 Å². The fraction of sp³-hybridized carbons (Fsp3) is 0.400. The molecule has 6 heteroatoms. The third-order valence-corrected chi connectivity index (χ3v) is 5.73. The van der Waals surface area contributed by atoms with E-state index in [1.165, 1.54) is 17.8 Å². The number of nitrogens with zero attached hydrogens (tertiary/aromatic N) is 1. The van der Waals surface area contributed by atoms with Crippen molar-refractivity contribution in [3.8, 4) is 0 Å². The van der Waals surface area contributed by atoms with Gasteiger partial charge >= 0.3 is 0 Å². The van der Waals surface area contributed by atoms with Crippen LogP contribution < -0.4 is 11.1 Å². The van der Waals surface area contributed by atoms with Gasteiger partial charge in [-0.2, -0.15) is 0 Å². The van der Waals surface area contributed by atoms with Gasteiger partial charge in [-0.15, -0.1) is 11.3 Å². The molecule has 0 radical (unpaired) electrons. The Morgan fingerprint density at radius 2 is 2.38 bits per heavy atom. The maximum absolute atomic E-state index is 12.4. The topological polar surface area (TPSA) is 58.4 Å². The van der Waals surface area contributed by atoms with Crippen molar-refractivity contribution in [2.75, 3.05) is 25.9 Å². The highest BCUT2D eigenvalue weighted by Crippen LogP contribution is 2.35. The Hall–Kier alpha value is -1.11. The van der Waals surface area contributed by atoms with Gasteiger partial charge in [-0.1, -0.05) is 22.0 Å². The summed E-state index contributed by atoms with van der Waals surface area (Å²) in [6.07, 6.45) is 2.35. The third kappa shape index (κ3) is 2.93. The van der Waals surface area contributed by atoms with Crippen LogP contribution in [0.15, 0.2) is 22.7 Å². The SMILES string of the molecule is CN1CCCC1CNC(=O)c1sc2cc(Br)ccc2c1N. The van der Waals surface area contributed by atoms with Crippen LogP contribution in [-0.2, 0) is 0 Å². The van der Waals surface area contributed by atoms with E-state index in [0.29, 0.717) is 23.2 Å². The molecule has 0 bridgehead atoms. The number of hydrogen-bond donors (Lipinski definition) is 2. The number of halogens is 1. The molecule has 1 atom stereocenters. The monoisotopic (exact) mass is 367 g/mol. The lowest BCUT2D eigenvalue weighted by atomic mass is 10.2. The predicted molar refractivity (Wildman–Crippen MR) is 91.9 cm³/mol. The molecule has 1 saturated heterocycles. The number of carbonyl (C=O) groups excluding carboxylic acids is 1. The van der Waals surface area contributed by atoms with Crippen LogP contribution in [0.2, 0.25) is 0 Å². The standard InChI is InChI=1S/C15H18BrN3OS/c1-19-6-2-3-10(19)8-18-15(20)14-13(17)11-5-4-9(16)7-12(11)21-14/h4-5,7,10H,2-3,6,8,17H2,1H3,(H,18,20). The van der Waals surface area contributed by atoms with Gasteiger partial charge in [-0.05, 0) is 38.6 Å². The lowest BCUT2D eigenvalue weighted by Crippen LogP contribution is -2.38. The third-order valence-electron chi connectivity index (χ3n) is 4.07. The Kier molecular flexibility index (Phi) is 4.19. The van der Waals surface area contributed by atoms with Crippen LogP contribution in [0.1, 0.15) is 22.5 Å². The Morgan fingerprint density at radius 1 is 1.57 bits per heavy atom. The molecule has 1 aliphatic heterocycles. The lowest BCUT2D eigenvalue weighted by Gasteiger charge is -2.19. The molecule has 21 heavy (non-hydrogen) atoms. The lowest BCUT2D eigenvalue weighted by molar-refractivity contribution is 0.0948. The molecule has 0 aliphatic carbocycles. The highest BCUT2D eigenvalue weighted by molar-refractivity contribution is 9.10. The molecule has 1 unspecified atom stereocenters. The van der Waals surface area contributed by atoms with Crippen LogP contribution >= 0.6 is 27.3 Å². The van der Waals surface area contributed by atoms with E-state index < -0.39 is 0 Å². The van der Waals surface area contributed by atoms with Crippen LogP contribution in [0.3, 0.4) is 0 Å². The van der Waals surface area contributed by atoms with Gasteiger partial charge < -0.3 is 16.0 Å². The first kappa shape index (κ1) is 14.8. The number of thiophene rings is 1. The quantitative estimate of drug-likeness (QED) is 0.876. The van der Waals surface area contributed by atoms with Gasteiger partial charge in [0.05, 0.1) is 5.69 Å². The summed E-state index contributed by atoms with van der Waals surface area (Å²) in [5, 5.41) is 3.98. The Labute approximate surface area is 136 Å². The number of nitrogens with two attached hydrogens (primary N) is 1. The minimum atomic E-state index is -0.0647. The molecule has 0 spiro atoms. The largest absolute Gasteiger partial charge is 0.397 e. The molecular formula is C15H18BrN3OS. The number of benzene rings is 1. The second-order valence-corrected chi connectivity index (χ2v) is 7.44. The number of likely N-dealkylation sites (tertiary alicyclic amines) is 1. The number of fused-ring (bicyclic) bond motifs is 1. The second kappa shape index (κ2) is 5.94. The minimum Gasteiger partial charge on any atom is -0.397 e. The molecule has 1 aliphatic rings. The molecule has 2 heterocycles. The number of carbonyl (C=O) groups is 1. The van der Waals surface area contributed by atoms with E-state index in [1.807, 2.05) is 18.2 Å². The molecule has 1 aromatic heterocycles. The maximum atomic E-state index is 12.4. The summed E-state index contributed by atoms with van der Waals surface area (Å²) in [5.41, 5.74) is 6.71. The summed E-state index contributed by atoms with van der Waals surface area (Å²) in [4.78, 5) is 15.3. The molecule has 2 aromatic rings. The van der Waals surface area contributed by atoms with E-state index in [-0.39, 0.29) is 5.91 Å². The predicted octanol–water partition coefficient (Wildman–Crippen LogP) is 3.07. The van der Waals surface area contributed by atoms with Crippen molar-refractivity contribution in [3.63, 3.8) is 0 Å². The molecule has 1 aromatic carbocycles. The average Bonchev–Trinajstić information content (AvgIpc) is 3.00. The van der Waals surface area contributed by atoms with Gasteiger partial charge in [0.15, 0.2) is 0 Å². The molecule has 3 N–H and O–H groups in total. The number of nitrogen functional groups attached to an aromatic ring is 1. The van der Waals surface area contributed by atoms with Crippen molar-refractivity contribution < 1.29 is 4.79 Å². The zero-order valence-corrected chi connectivity index (χ0v) is 14.3.